The van der Waals surface area contributed by atoms with Crippen molar-refractivity contribution in [1.29, 1.82) is 0 Å². The molecule has 10 nitrogen and oxygen atoms in total. The van der Waals surface area contributed by atoms with Gasteiger partial charge in [0.05, 0.1) is 26.3 Å². The van der Waals surface area contributed by atoms with Gasteiger partial charge in [-0.25, -0.2) is 9.78 Å². The van der Waals surface area contributed by atoms with Crippen LogP contribution in [-0.4, -0.2) is 71.1 Å². The lowest BCUT2D eigenvalue weighted by Gasteiger charge is -2.38. The molecule has 0 atom stereocenters. The summed E-state index contributed by atoms with van der Waals surface area (Å²) < 4.78 is 16.8. The summed E-state index contributed by atoms with van der Waals surface area (Å²) >= 11 is 0. The van der Waals surface area contributed by atoms with E-state index in [2.05, 4.69) is 30.3 Å². The Morgan fingerprint density at radius 3 is 2.38 bits per heavy atom. The smallest absolute Gasteiger partial charge is 0.410 e. The van der Waals surface area contributed by atoms with Gasteiger partial charge < -0.3 is 24.0 Å². The fourth-order valence-electron chi connectivity index (χ4n) is 7.57. The number of benzene rings is 1. The van der Waals surface area contributed by atoms with E-state index in [1.54, 1.807) is 13.3 Å². The van der Waals surface area contributed by atoms with Crippen molar-refractivity contribution in [3.8, 4) is 17.0 Å². The molecular formula is C37H46N4O6. The first-order valence-corrected chi connectivity index (χ1v) is 17.4. The Morgan fingerprint density at radius 1 is 0.957 bits per heavy atom. The SMILES string of the molecule is COc1ccc([C@H]2CC[C@H](CN(c3cc(-c4cc(C5CC5)on4)ccn3)C(=O)[C@H]3CC[C@H](OC(=O)N4CC(O)C4)CC3)CC2)cc1C. The summed E-state index contributed by atoms with van der Waals surface area (Å²) in [4.78, 5) is 34.9. The Bertz CT molecular complexity index is 1560. The largest absolute Gasteiger partial charge is 0.496 e. The van der Waals surface area contributed by atoms with Gasteiger partial charge in [-0.1, -0.05) is 17.3 Å². The van der Waals surface area contributed by atoms with Crippen LogP contribution in [0.4, 0.5) is 10.6 Å². The molecule has 0 unspecified atom stereocenters. The summed E-state index contributed by atoms with van der Waals surface area (Å²) in [7, 11) is 1.71. The van der Waals surface area contributed by atoms with E-state index in [-0.39, 0.29) is 24.0 Å². The quantitative estimate of drug-likeness (QED) is 0.277. The lowest BCUT2D eigenvalue weighted by Crippen LogP contribution is -2.54. The molecule has 0 radical (unpaired) electrons. The average Bonchev–Trinajstić information content (AvgIpc) is 3.81. The zero-order valence-electron chi connectivity index (χ0n) is 27.5. The summed E-state index contributed by atoms with van der Waals surface area (Å²) in [6, 6.07) is 12.5. The van der Waals surface area contributed by atoms with Crippen molar-refractivity contribution in [2.75, 3.05) is 31.6 Å². The van der Waals surface area contributed by atoms with Crippen LogP contribution in [0.3, 0.4) is 0 Å². The molecule has 1 saturated heterocycles. The summed E-state index contributed by atoms with van der Waals surface area (Å²) in [5.41, 5.74) is 4.20. The molecule has 1 N–H and O–H groups in total. The number of amides is 2. The van der Waals surface area contributed by atoms with Gasteiger partial charge in [0.15, 0.2) is 0 Å². The monoisotopic (exact) mass is 642 g/mol. The Balaban J connectivity index is 1.04. The molecule has 3 saturated carbocycles. The van der Waals surface area contributed by atoms with Crippen molar-refractivity contribution in [2.45, 2.75) is 95.2 Å². The maximum absolute atomic E-state index is 14.3. The van der Waals surface area contributed by atoms with Gasteiger partial charge in [-0.15, -0.1) is 0 Å². The average molecular weight is 643 g/mol. The molecule has 2 amide bonds. The van der Waals surface area contributed by atoms with Crippen molar-refractivity contribution < 1.29 is 28.7 Å². The first-order valence-electron chi connectivity index (χ1n) is 17.4. The van der Waals surface area contributed by atoms with E-state index in [9.17, 15) is 14.7 Å². The van der Waals surface area contributed by atoms with E-state index in [4.69, 9.17) is 19.0 Å². The molecule has 7 rings (SSSR count). The number of carbonyl (C=O) groups excluding carboxylic acids is 2. The first-order chi connectivity index (χ1) is 22.8. The molecule has 0 spiro atoms. The number of nitrogens with zero attached hydrogens (tertiary/aromatic N) is 4. The van der Waals surface area contributed by atoms with Gasteiger partial charge >= 0.3 is 6.09 Å². The number of anilines is 1. The van der Waals surface area contributed by atoms with E-state index < -0.39 is 6.10 Å². The van der Waals surface area contributed by atoms with Crippen LogP contribution < -0.4 is 9.64 Å². The van der Waals surface area contributed by atoms with Crippen LogP contribution in [0.25, 0.3) is 11.3 Å². The predicted molar refractivity (Wildman–Crippen MR) is 176 cm³/mol. The van der Waals surface area contributed by atoms with Gasteiger partial charge in [-0.05, 0) is 112 Å². The number of hydrogen-bond acceptors (Lipinski definition) is 8. The number of β-amino-alcohol motifs (C(OH)–C–C–N with tert-alkyl or cyclic N) is 1. The Kier molecular flexibility index (Phi) is 9.21. The second-order valence-corrected chi connectivity index (χ2v) is 14.1. The summed E-state index contributed by atoms with van der Waals surface area (Å²) in [5.74, 6) is 3.79. The van der Waals surface area contributed by atoms with E-state index in [0.717, 1.165) is 66.9 Å². The zero-order valence-corrected chi connectivity index (χ0v) is 27.5. The van der Waals surface area contributed by atoms with Crippen molar-refractivity contribution in [2.24, 2.45) is 11.8 Å². The number of likely N-dealkylation sites (tertiary alicyclic amines) is 1. The summed E-state index contributed by atoms with van der Waals surface area (Å²) in [6.45, 7) is 3.37. The van der Waals surface area contributed by atoms with E-state index in [1.165, 1.54) is 10.5 Å². The van der Waals surface area contributed by atoms with Gasteiger partial charge in [0, 0.05) is 36.2 Å². The number of aliphatic hydroxyl groups excluding tert-OH is 1. The molecule has 250 valence electrons. The van der Waals surface area contributed by atoms with Crippen LogP contribution in [-0.2, 0) is 9.53 Å². The number of methoxy groups -OCH3 is 1. The molecular weight excluding hydrogens is 596 g/mol. The summed E-state index contributed by atoms with van der Waals surface area (Å²) in [6.07, 6.45) is 9.88. The number of aryl methyl sites for hydroxylation is 1. The van der Waals surface area contributed by atoms with Crippen LogP contribution in [0.5, 0.6) is 5.75 Å². The van der Waals surface area contributed by atoms with Crippen LogP contribution in [0.1, 0.15) is 92.9 Å². The van der Waals surface area contributed by atoms with Crippen molar-refractivity contribution in [1.82, 2.24) is 15.0 Å². The number of hydrogen-bond donors (Lipinski definition) is 1. The highest BCUT2D eigenvalue weighted by Crippen LogP contribution is 2.42. The highest BCUT2D eigenvalue weighted by atomic mass is 16.6. The topological polar surface area (TPSA) is 118 Å². The van der Waals surface area contributed by atoms with Crippen LogP contribution in [0.15, 0.2) is 47.1 Å². The molecule has 3 heterocycles. The third-order valence-electron chi connectivity index (χ3n) is 10.7. The number of aromatic nitrogens is 2. The predicted octanol–water partition coefficient (Wildman–Crippen LogP) is 6.61. The standard InChI is InChI=1S/C37H46N4O6/c1-23-17-28(11-14-33(23)45-2)25-5-3-24(4-6-25)20-41(35-18-29(15-16-38-35)32-19-34(47-39-32)26-7-8-26)36(43)27-9-12-31(13-10-27)46-37(44)40-21-30(42)22-40/h11,14-19,24-27,30-31,42H,3-10,12-13,20-22H2,1-2H3/t24-,25-,27-,31-. The van der Waals surface area contributed by atoms with E-state index in [1.807, 2.05) is 23.1 Å². The lowest BCUT2D eigenvalue weighted by molar-refractivity contribution is -0.124. The number of ether oxygens (including phenoxy) is 2. The highest BCUT2D eigenvalue weighted by molar-refractivity contribution is 5.94. The fourth-order valence-corrected chi connectivity index (χ4v) is 7.57. The molecule has 4 aliphatic rings. The third kappa shape index (κ3) is 7.17. The van der Waals surface area contributed by atoms with Crippen molar-refractivity contribution >= 4 is 17.8 Å². The Hall–Kier alpha value is -3.92. The van der Waals surface area contributed by atoms with Gasteiger partial charge in [-0.2, -0.15) is 0 Å². The zero-order chi connectivity index (χ0) is 32.5. The minimum atomic E-state index is -0.458. The maximum Gasteiger partial charge on any atom is 0.410 e. The molecule has 47 heavy (non-hydrogen) atoms. The highest BCUT2D eigenvalue weighted by Gasteiger charge is 2.36. The number of pyridine rings is 1. The molecule has 2 aromatic heterocycles. The second-order valence-electron chi connectivity index (χ2n) is 14.1. The third-order valence-corrected chi connectivity index (χ3v) is 10.7. The lowest BCUT2D eigenvalue weighted by atomic mass is 9.78. The van der Waals surface area contributed by atoms with Crippen molar-refractivity contribution in [3.63, 3.8) is 0 Å². The van der Waals surface area contributed by atoms with Gasteiger partial charge in [-0.3, -0.25) is 9.69 Å². The molecule has 10 heteroatoms. The van der Waals surface area contributed by atoms with Crippen LogP contribution in [0.2, 0.25) is 0 Å². The van der Waals surface area contributed by atoms with Gasteiger partial charge in [0.25, 0.3) is 0 Å². The van der Waals surface area contributed by atoms with Crippen molar-refractivity contribution in [3.05, 3.63) is 59.5 Å². The number of rotatable bonds is 9. The number of aliphatic hydroxyl groups is 1. The molecule has 3 aliphatic carbocycles. The maximum atomic E-state index is 14.3. The molecule has 1 aromatic carbocycles. The fraction of sp³-hybridized carbons (Fsp3) is 0.568. The summed E-state index contributed by atoms with van der Waals surface area (Å²) in [5, 5.41) is 13.9. The molecule has 0 bridgehead atoms. The van der Waals surface area contributed by atoms with Gasteiger partial charge in [0.1, 0.15) is 29.1 Å². The minimum Gasteiger partial charge on any atom is -0.496 e. The van der Waals surface area contributed by atoms with E-state index in [0.29, 0.717) is 68.9 Å². The second kappa shape index (κ2) is 13.7. The van der Waals surface area contributed by atoms with Crippen LogP contribution >= 0.6 is 0 Å². The Morgan fingerprint density at radius 2 is 1.70 bits per heavy atom. The minimum absolute atomic E-state index is 0.0945. The van der Waals surface area contributed by atoms with E-state index >= 15 is 0 Å². The molecule has 4 fully saturated rings. The first kappa shape index (κ1) is 31.7. The molecule has 1 aliphatic heterocycles. The normalized spacial score (nSPS) is 24.8. The van der Waals surface area contributed by atoms with Gasteiger partial charge in [0.2, 0.25) is 5.91 Å². The van der Waals surface area contributed by atoms with Crippen LogP contribution in [0, 0.1) is 18.8 Å². The molecule has 3 aromatic rings. The Labute approximate surface area is 276 Å². The number of carbonyl (C=O) groups is 2.